The minimum atomic E-state index is -0.202. The Bertz CT molecular complexity index is 1210. The Balaban J connectivity index is 1.72. The molecule has 5 rings (SSSR count). The van der Waals surface area contributed by atoms with E-state index in [1.54, 1.807) is 12.4 Å². The molecule has 27 heavy (non-hydrogen) atoms. The van der Waals surface area contributed by atoms with E-state index in [2.05, 4.69) is 15.1 Å². The van der Waals surface area contributed by atoms with Crippen molar-refractivity contribution in [1.82, 2.24) is 19.6 Å². The molecule has 1 aliphatic heterocycles. The molecular formula is C20H16N4O3. The molecule has 0 bridgehead atoms. The van der Waals surface area contributed by atoms with E-state index in [9.17, 15) is 4.79 Å². The van der Waals surface area contributed by atoms with E-state index in [0.717, 1.165) is 22.4 Å². The van der Waals surface area contributed by atoms with Crippen LogP contribution in [0.25, 0.3) is 28.0 Å². The summed E-state index contributed by atoms with van der Waals surface area (Å²) in [6.45, 7) is 2.93. The Morgan fingerprint density at radius 3 is 2.74 bits per heavy atom. The Labute approximate surface area is 154 Å². The smallest absolute Gasteiger partial charge is 0.274 e. The van der Waals surface area contributed by atoms with Crippen molar-refractivity contribution in [2.75, 3.05) is 13.2 Å². The van der Waals surface area contributed by atoms with Gasteiger partial charge in [0.25, 0.3) is 5.56 Å². The molecule has 1 aliphatic rings. The van der Waals surface area contributed by atoms with Gasteiger partial charge in [-0.3, -0.25) is 9.78 Å². The molecule has 0 fully saturated rings. The fraction of sp³-hybridized carbons (Fsp3) is 0.150. The van der Waals surface area contributed by atoms with Gasteiger partial charge in [-0.1, -0.05) is 6.07 Å². The highest BCUT2D eigenvalue weighted by Gasteiger charge is 2.17. The average molecular weight is 360 g/mol. The lowest BCUT2D eigenvalue weighted by atomic mass is 10.1. The monoisotopic (exact) mass is 360 g/mol. The van der Waals surface area contributed by atoms with Crippen molar-refractivity contribution in [1.29, 1.82) is 0 Å². The largest absolute Gasteiger partial charge is 0.486 e. The Kier molecular flexibility index (Phi) is 3.46. The number of aromatic nitrogens is 4. The summed E-state index contributed by atoms with van der Waals surface area (Å²) in [5.41, 5.74) is 4.49. The topological polar surface area (TPSA) is 81.5 Å². The van der Waals surface area contributed by atoms with Gasteiger partial charge in [0.15, 0.2) is 11.5 Å². The van der Waals surface area contributed by atoms with Crippen molar-refractivity contribution in [3.05, 3.63) is 64.8 Å². The number of fused-ring (bicyclic) bond motifs is 2. The van der Waals surface area contributed by atoms with Crippen LogP contribution in [-0.2, 0) is 0 Å². The van der Waals surface area contributed by atoms with Crippen LogP contribution in [0, 0.1) is 6.92 Å². The maximum absolute atomic E-state index is 12.7. The zero-order valence-electron chi connectivity index (χ0n) is 14.6. The van der Waals surface area contributed by atoms with E-state index < -0.39 is 0 Å². The molecule has 1 N–H and O–H groups in total. The predicted octanol–water partition coefficient (Wildman–Crippen LogP) is 2.83. The van der Waals surface area contributed by atoms with Crippen LogP contribution in [0.5, 0.6) is 11.5 Å². The SMILES string of the molecule is Cc1nn2c(=O)cc(-c3ccc4c(c3)OCCO4)[nH]c2c1-c1cccnc1. The van der Waals surface area contributed by atoms with Crippen LogP contribution >= 0.6 is 0 Å². The molecule has 3 aromatic heterocycles. The molecule has 4 aromatic rings. The number of nitrogens with zero attached hydrogens (tertiary/aromatic N) is 3. The number of rotatable bonds is 2. The molecule has 0 saturated carbocycles. The van der Waals surface area contributed by atoms with Gasteiger partial charge in [-0.2, -0.15) is 9.61 Å². The van der Waals surface area contributed by atoms with Crippen LogP contribution in [0.1, 0.15) is 5.69 Å². The lowest BCUT2D eigenvalue weighted by Gasteiger charge is -2.18. The lowest BCUT2D eigenvalue weighted by molar-refractivity contribution is 0.171. The molecule has 0 atom stereocenters. The van der Waals surface area contributed by atoms with Gasteiger partial charge in [0, 0.05) is 35.2 Å². The van der Waals surface area contributed by atoms with Gasteiger partial charge >= 0.3 is 0 Å². The van der Waals surface area contributed by atoms with Crippen molar-refractivity contribution in [3.8, 4) is 33.9 Å². The number of pyridine rings is 1. The van der Waals surface area contributed by atoms with E-state index in [4.69, 9.17) is 9.47 Å². The third kappa shape index (κ3) is 2.55. The number of hydrogen-bond donors (Lipinski definition) is 1. The molecule has 4 heterocycles. The second-order valence-electron chi connectivity index (χ2n) is 6.34. The molecule has 0 radical (unpaired) electrons. The number of hydrogen-bond acceptors (Lipinski definition) is 5. The second kappa shape index (κ2) is 5.98. The summed E-state index contributed by atoms with van der Waals surface area (Å²) in [5.74, 6) is 1.39. The molecule has 1 aromatic carbocycles. The van der Waals surface area contributed by atoms with Gasteiger partial charge in [-0.25, -0.2) is 0 Å². The lowest BCUT2D eigenvalue weighted by Crippen LogP contribution is -2.16. The summed E-state index contributed by atoms with van der Waals surface area (Å²) >= 11 is 0. The standard InChI is InChI=1S/C20H16N4O3/c1-12-19(14-3-2-6-21-11-14)20-22-15(10-18(25)24(20)23-12)13-4-5-16-17(9-13)27-8-7-26-16/h2-6,9-11,22H,7-8H2,1H3. The Hall–Kier alpha value is -3.61. The maximum atomic E-state index is 12.7. The van der Waals surface area contributed by atoms with Crippen molar-refractivity contribution in [3.63, 3.8) is 0 Å². The van der Waals surface area contributed by atoms with Crippen LogP contribution in [0.4, 0.5) is 0 Å². The van der Waals surface area contributed by atoms with Crippen LogP contribution in [0.3, 0.4) is 0 Å². The number of aromatic amines is 1. The van der Waals surface area contributed by atoms with E-state index in [1.807, 2.05) is 37.3 Å². The highest BCUT2D eigenvalue weighted by Crippen LogP contribution is 2.34. The number of nitrogens with one attached hydrogen (secondary N) is 1. The fourth-order valence-electron chi connectivity index (χ4n) is 3.37. The third-order valence-electron chi connectivity index (χ3n) is 4.59. The van der Waals surface area contributed by atoms with Crippen molar-refractivity contribution >= 4 is 5.65 Å². The average Bonchev–Trinajstić information content (AvgIpc) is 3.05. The van der Waals surface area contributed by atoms with Gasteiger partial charge in [0.05, 0.1) is 11.4 Å². The fourth-order valence-corrected chi connectivity index (χ4v) is 3.37. The van der Waals surface area contributed by atoms with Gasteiger partial charge < -0.3 is 14.5 Å². The number of H-pyrrole nitrogens is 1. The van der Waals surface area contributed by atoms with Crippen LogP contribution in [-0.4, -0.2) is 32.8 Å². The first-order chi connectivity index (χ1) is 13.2. The van der Waals surface area contributed by atoms with Crippen molar-refractivity contribution in [2.24, 2.45) is 0 Å². The van der Waals surface area contributed by atoms with E-state index >= 15 is 0 Å². The summed E-state index contributed by atoms with van der Waals surface area (Å²) in [5, 5.41) is 4.39. The summed E-state index contributed by atoms with van der Waals surface area (Å²) < 4.78 is 12.6. The third-order valence-corrected chi connectivity index (χ3v) is 4.59. The quantitative estimate of drug-likeness (QED) is 0.594. The van der Waals surface area contributed by atoms with Gasteiger partial charge in [-0.05, 0) is 31.2 Å². The number of ether oxygens (including phenoxy) is 2. The molecule has 7 nitrogen and oxygen atoms in total. The first-order valence-electron chi connectivity index (χ1n) is 8.64. The summed E-state index contributed by atoms with van der Waals surface area (Å²) in [6.07, 6.45) is 3.48. The first kappa shape index (κ1) is 15.6. The summed E-state index contributed by atoms with van der Waals surface area (Å²) in [6, 6.07) is 11.0. The molecule has 0 amide bonds. The molecule has 0 spiro atoms. The van der Waals surface area contributed by atoms with E-state index in [1.165, 1.54) is 10.6 Å². The van der Waals surface area contributed by atoms with Crippen LogP contribution in [0.15, 0.2) is 53.6 Å². The highest BCUT2D eigenvalue weighted by molar-refractivity contribution is 5.80. The maximum Gasteiger partial charge on any atom is 0.274 e. The first-order valence-corrected chi connectivity index (χ1v) is 8.64. The molecular weight excluding hydrogens is 344 g/mol. The molecule has 0 saturated heterocycles. The van der Waals surface area contributed by atoms with E-state index in [0.29, 0.717) is 36.1 Å². The second-order valence-corrected chi connectivity index (χ2v) is 6.34. The van der Waals surface area contributed by atoms with Gasteiger partial charge in [0.2, 0.25) is 0 Å². The summed E-state index contributed by atoms with van der Waals surface area (Å²) in [4.78, 5) is 20.2. The highest BCUT2D eigenvalue weighted by atomic mass is 16.6. The molecule has 134 valence electrons. The summed E-state index contributed by atoms with van der Waals surface area (Å²) in [7, 11) is 0. The minimum Gasteiger partial charge on any atom is -0.486 e. The van der Waals surface area contributed by atoms with Gasteiger partial charge in [-0.15, -0.1) is 0 Å². The number of aryl methyl sites for hydroxylation is 1. The van der Waals surface area contributed by atoms with Crippen molar-refractivity contribution < 1.29 is 9.47 Å². The molecule has 0 aliphatic carbocycles. The Morgan fingerprint density at radius 1 is 1.07 bits per heavy atom. The normalized spacial score (nSPS) is 13.1. The minimum absolute atomic E-state index is 0.202. The molecule has 7 heteroatoms. The zero-order valence-corrected chi connectivity index (χ0v) is 14.6. The van der Waals surface area contributed by atoms with E-state index in [-0.39, 0.29) is 5.56 Å². The number of benzene rings is 1. The van der Waals surface area contributed by atoms with Crippen LogP contribution in [0.2, 0.25) is 0 Å². The van der Waals surface area contributed by atoms with Crippen LogP contribution < -0.4 is 15.0 Å². The molecule has 0 unspecified atom stereocenters. The zero-order chi connectivity index (χ0) is 18.4. The Morgan fingerprint density at radius 2 is 1.93 bits per heavy atom. The van der Waals surface area contributed by atoms with Gasteiger partial charge in [0.1, 0.15) is 18.9 Å². The predicted molar refractivity (Wildman–Crippen MR) is 100 cm³/mol. The van der Waals surface area contributed by atoms with Crippen molar-refractivity contribution in [2.45, 2.75) is 6.92 Å².